The Kier molecular flexibility index (Phi) is 4.66. The molecule has 27 heavy (non-hydrogen) atoms. The van der Waals surface area contributed by atoms with Gasteiger partial charge in [-0.1, -0.05) is 54.1 Å². The first-order valence-electron chi connectivity index (χ1n) is 8.64. The van der Waals surface area contributed by atoms with Crippen LogP contribution in [0.1, 0.15) is 33.1 Å². The van der Waals surface area contributed by atoms with E-state index in [1.807, 2.05) is 36.4 Å². The molecule has 1 amide bonds. The predicted octanol–water partition coefficient (Wildman–Crippen LogP) is 5.41. The first-order chi connectivity index (χ1) is 13.1. The molecule has 5 heteroatoms. The lowest BCUT2D eigenvalue weighted by atomic mass is 9.87. The molecule has 1 atom stereocenters. The van der Waals surface area contributed by atoms with E-state index in [0.717, 1.165) is 28.8 Å². The highest BCUT2D eigenvalue weighted by atomic mass is 35.5. The number of carbonyl (C=O) groups is 1. The maximum atomic E-state index is 14.2. The quantitative estimate of drug-likeness (QED) is 0.579. The third-order valence-corrected chi connectivity index (χ3v) is 5.16. The standard InChI is InChI=1S/C22H16ClF2NO/c23-16-10-8-15(9-11-16)21-17-5-2-1-4-14(17)12-13-26(21)22(27)20-18(24)6-3-7-19(20)25/h1-11,21H,12-13H2. The Morgan fingerprint density at radius 2 is 1.59 bits per heavy atom. The van der Waals surface area contributed by atoms with Crippen LogP contribution in [-0.2, 0) is 6.42 Å². The third kappa shape index (κ3) is 3.21. The van der Waals surface area contributed by atoms with E-state index in [0.29, 0.717) is 18.0 Å². The van der Waals surface area contributed by atoms with Gasteiger partial charge in [0, 0.05) is 11.6 Å². The van der Waals surface area contributed by atoms with Gasteiger partial charge in [0.2, 0.25) is 0 Å². The number of benzene rings is 3. The van der Waals surface area contributed by atoms with Crippen LogP contribution in [0.15, 0.2) is 66.7 Å². The van der Waals surface area contributed by atoms with Gasteiger partial charge in [-0.05, 0) is 47.4 Å². The van der Waals surface area contributed by atoms with Crippen molar-refractivity contribution in [1.29, 1.82) is 0 Å². The Bertz CT molecular complexity index is 983. The Morgan fingerprint density at radius 3 is 2.30 bits per heavy atom. The number of nitrogens with zero attached hydrogens (tertiary/aromatic N) is 1. The Hall–Kier alpha value is -2.72. The van der Waals surface area contributed by atoms with Crippen molar-refractivity contribution in [3.8, 4) is 0 Å². The van der Waals surface area contributed by atoms with E-state index in [9.17, 15) is 13.6 Å². The number of rotatable bonds is 2. The smallest absolute Gasteiger partial charge is 0.260 e. The van der Waals surface area contributed by atoms with Crippen molar-refractivity contribution in [2.24, 2.45) is 0 Å². The normalized spacial score (nSPS) is 16.1. The van der Waals surface area contributed by atoms with Gasteiger partial charge in [-0.25, -0.2) is 8.78 Å². The second-order valence-corrected chi connectivity index (χ2v) is 6.93. The van der Waals surface area contributed by atoms with Crippen molar-refractivity contribution < 1.29 is 13.6 Å². The van der Waals surface area contributed by atoms with Crippen LogP contribution in [0.25, 0.3) is 0 Å². The molecule has 1 aliphatic heterocycles. The summed E-state index contributed by atoms with van der Waals surface area (Å²) in [4.78, 5) is 14.7. The van der Waals surface area contributed by atoms with Gasteiger partial charge in [0.25, 0.3) is 5.91 Å². The summed E-state index contributed by atoms with van der Waals surface area (Å²) in [5.74, 6) is -2.36. The maximum Gasteiger partial charge on any atom is 0.260 e. The highest BCUT2D eigenvalue weighted by molar-refractivity contribution is 6.30. The Balaban J connectivity index is 1.84. The van der Waals surface area contributed by atoms with Gasteiger partial charge < -0.3 is 4.90 Å². The minimum atomic E-state index is -0.853. The molecule has 2 nitrogen and oxygen atoms in total. The van der Waals surface area contributed by atoms with Gasteiger partial charge in [0.05, 0.1) is 6.04 Å². The monoisotopic (exact) mass is 383 g/mol. The van der Waals surface area contributed by atoms with Crippen LogP contribution in [-0.4, -0.2) is 17.4 Å². The number of fused-ring (bicyclic) bond motifs is 1. The molecule has 0 spiro atoms. The van der Waals surface area contributed by atoms with Gasteiger partial charge in [0.1, 0.15) is 17.2 Å². The fraction of sp³-hybridized carbons (Fsp3) is 0.136. The van der Waals surface area contributed by atoms with E-state index in [1.165, 1.54) is 11.0 Å². The van der Waals surface area contributed by atoms with Gasteiger partial charge in [-0.3, -0.25) is 4.79 Å². The SMILES string of the molecule is O=C(c1c(F)cccc1F)N1CCc2ccccc2C1c1ccc(Cl)cc1. The van der Waals surface area contributed by atoms with Crippen LogP contribution in [0.4, 0.5) is 8.78 Å². The molecule has 3 aromatic carbocycles. The summed E-state index contributed by atoms with van der Waals surface area (Å²) < 4.78 is 28.5. The number of hydrogen-bond acceptors (Lipinski definition) is 1. The zero-order chi connectivity index (χ0) is 19.0. The summed E-state index contributed by atoms with van der Waals surface area (Å²) in [6.45, 7) is 0.372. The zero-order valence-electron chi connectivity index (χ0n) is 14.3. The summed E-state index contributed by atoms with van der Waals surface area (Å²) in [6, 6.07) is 18.0. The van der Waals surface area contributed by atoms with Gasteiger partial charge in [-0.15, -0.1) is 0 Å². The van der Waals surface area contributed by atoms with Crippen LogP contribution in [0.2, 0.25) is 5.02 Å². The molecular weight excluding hydrogens is 368 g/mol. The lowest BCUT2D eigenvalue weighted by Crippen LogP contribution is -2.41. The summed E-state index contributed by atoms with van der Waals surface area (Å²) in [7, 11) is 0. The topological polar surface area (TPSA) is 20.3 Å². The fourth-order valence-electron chi connectivity index (χ4n) is 3.64. The molecule has 0 saturated carbocycles. The van der Waals surface area contributed by atoms with Gasteiger partial charge >= 0.3 is 0 Å². The molecule has 1 aliphatic rings. The first-order valence-corrected chi connectivity index (χ1v) is 9.02. The summed E-state index contributed by atoms with van der Waals surface area (Å²) in [6.07, 6.45) is 0.627. The van der Waals surface area contributed by atoms with E-state index in [4.69, 9.17) is 11.6 Å². The largest absolute Gasteiger partial charge is 0.327 e. The fourth-order valence-corrected chi connectivity index (χ4v) is 3.76. The van der Waals surface area contributed by atoms with Gasteiger partial charge in [0.15, 0.2) is 0 Å². The molecule has 0 fully saturated rings. The van der Waals surface area contributed by atoms with Crippen molar-refractivity contribution in [1.82, 2.24) is 4.90 Å². The predicted molar refractivity (Wildman–Crippen MR) is 101 cm³/mol. The second kappa shape index (κ2) is 7.12. The average molecular weight is 384 g/mol. The van der Waals surface area contributed by atoms with Crippen molar-refractivity contribution in [3.63, 3.8) is 0 Å². The van der Waals surface area contributed by atoms with Crippen molar-refractivity contribution >= 4 is 17.5 Å². The van der Waals surface area contributed by atoms with Crippen LogP contribution >= 0.6 is 11.6 Å². The second-order valence-electron chi connectivity index (χ2n) is 6.50. The van der Waals surface area contributed by atoms with E-state index in [2.05, 4.69) is 0 Å². The zero-order valence-corrected chi connectivity index (χ0v) is 15.1. The molecule has 0 aliphatic carbocycles. The number of hydrogen-bond donors (Lipinski definition) is 0. The molecule has 0 bridgehead atoms. The van der Waals surface area contributed by atoms with E-state index < -0.39 is 29.1 Å². The molecule has 136 valence electrons. The van der Waals surface area contributed by atoms with Crippen molar-refractivity contribution in [2.45, 2.75) is 12.5 Å². The molecular formula is C22H16ClF2NO. The number of halogens is 3. The maximum absolute atomic E-state index is 14.2. The van der Waals surface area contributed by atoms with E-state index >= 15 is 0 Å². The molecule has 0 N–H and O–H groups in total. The van der Waals surface area contributed by atoms with E-state index in [-0.39, 0.29) is 0 Å². The lowest BCUT2D eigenvalue weighted by molar-refractivity contribution is 0.0684. The number of amides is 1. The van der Waals surface area contributed by atoms with Crippen LogP contribution in [0.3, 0.4) is 0 Å². The lowest BCUT2D eigenvalue weighted by Gasteiger charge is -2.38. The molecule has 0 radical (unpaired) electrons. The highest BCUT2D eigenvalue weighted by Gasteiger charge is 2.34. The average Bonchev–Trinajstić information content (AvgIpc) is 2.67. The van der Waals surface area contributed by atoms with Gasteiger partial charge in [-0.2, -0.15) is 0 Å². The summed E-state index contributed by atoms with van der Waals surface area (Å²) in [5.41, 5.74) is 2.40. The molecule has 0 aromatic heterocycles. The van der Waals surface area contributed by atoms with E-state index in [1.54, 1.807) is 12.1 Å². The highest BCUT2D eigenvalue weighted by Crippen LogP contribution is 2.36. The third-order valence-electron chi connectivity index (χ3n) is 4.91. The molecule has 0 saturated heterocycles. The molecule has 3 aromatic rings. The van der Waals surface area contributed by atoms with Crippen LogP contribution in [0, 0.1) is 11.6 Å². The summed E-state index contributed by atoms with van der Waals surface area (Å²) in [5, 5.41) is 0.584. The molecule has 4 rings (SSSR count). The van der Waals surface area contributed by atoms with Crippen LogP contribution in [0.5, 0.6) is 0 Å². The minimum absolute atomic E-state index is 0.372. The molecule has 1 heterocycles. The Labute approximate surface area is 161 Å². The molecule has 1 unspecified atom stereocenters. The number of carbonyl (C=O) groups excluding carboxylic acids is 1. The van der Waals surface area contributed by atoms with Crippen LogP contribution < -0.4 is 0 Å². The van der Waals surface area contributed by atoms with Crippen molar-refractivity contribution in [2.75, 3.05) is 6.54 Å². The first kappa shape index (κ1) is 17.7. The Morgan fingerprint density at radius 1 is 0.926 bits per heavy atom. The van der Waals surface area contributed by atoms with Crippen molar-refractivity contribution in [3.05, 3.63) is 106 Å². The summed E-state index contributed by atoms with van der Waals surface area (Å²) >= 11 is 6.01. The minimum Gasteiger partial charge on any atom is -0.327 e.